The molecule has 2 amide bonds. The number of Topliss-reactive ketones (excluding diaryl/α,β-unsaturated/α-hetero) is 1. The number of hydrogen-bond acceptors (Lipinski definition) is 11. The van der Waals surface area contributed by atoms with Crippen molar-refractivity contribution in [2.75, 3.05) is 5.32 Å². The van der Waals surface area contributed by atoms with Crippen LogP contribution in [-0.2, 0) is 17.8 Å². The molecule has 0 saturated heterocycles. The fraction of sp³-hybridized carbons (Fsp3) is 0.167. The van der Waals surface area contributed by atoms with Crippen molar-refractivity contribution in [3.8, 4) is 11.4 Å². The van der Waals surface area contributed by atoms with Crippen molar-refractivity contribution < 1.29 is 19.5 Å². The first-order chi connectivity index (χ1) is 21.9. The molecular formula is C30H25N11O4. The molecule has 3 heterocycles. The molecule has 0 fully saturated rings. The highest BCUT2D eigenvalue weighted by atomic mass is 16.3. The Bertz CT molecular complexity index is 2030. The van der Waals surface area contributed by atoms with Gasteiger partial charge in [-0.25, -0.2) is 9.97 Å². The minimum absolute atomic E-state index is 0.0877. The fourth-order valence-electron chi connectivity index (χ4n) is 5.55. The van der Waals surface area contributed by atoms with Crippen molar-refractivity contribution in [1.29, 1.82) is 0 Å². The summed E-state index contributed by atoms with van der Waals surface area (Å²) in [6.45, 7) is 3.52. The Labute approximate surface area is 254 Å². The molecule has 15 heteroatoms. The molecule has 0 aliphatic heterocycles. The topological polar surface area (TPSA) is 205 Å². The van der Waals surface area contributed by atoms with Gasteiger partial charge < -0.3 is 21.1 Å². The molecule has 2 aliphatic rings. The Hall–Kier alpha value is -6.09. The lowest BCUT2D eigenvalue weighted by atomic mass is 9.95. The number of amides is 2. The van der Waals surface area contributed by atoms with E-state index in [0.717, 1.165) is 28.7 Å². The summed E-state index contributed by atoms with van der Waals surface area (Å²) in [5.74, 6) is -0.835. The quantitative estimate of drug-likeness (QED) is 0.154. The third kappa shape index (κ3) is 5.10. The third-order valence-electron chi connectivity index (χ3n) is 7.81. The highest BCUT2D eigenvalue weighted by Crippen LogP contribution is 2.34. The van der Waals surface area contributed by atoms with E-state index in [0.29, 0.717) is 23.6 Å². The van der Waals surface area contributed by atoms with Gasteiger partial charge >= 0.3 is 0 Å². The number of benzene rings is 2. The van der Waals surface area contributed by atoms with Crippen LogP contribution in [0.25, 0.3) is 17.0 Å². The Balaban J connectivity index is 1.05. The molecule has 0 saturated carbocycles. The zero-order valence-corrected chi connectivity index (χ0v) is 23.6. The van der Waals surface area contributed by atoms with E-state index in [1.807, 2.05) is 24.3 Å². The highest BCUT2D eigenvalue weighted by molar-refractivity contribution is 6.09. The van der Waals surface area contributed by atoms with Crippen molar-refractivity contribution in [3.63, 3.8) is 0 Å². The predicted molar refractivity (Wildman–Crippen MR) is 160 cm³/mol. The number of H-pyrrole nitrogens is 1. The minimum atomic E-state index is -1.27. The van der Waals surface area contributed by atoms with Crippen LogP contribution in [0, 0.1) is 0 Å². The van der Waals surface area contributed by atoms with Gasteiger partial charge in [-0.2, -0.15) is 5.21 Å². The second kappa shape index (κ2) is 11.2. The SMILES string of the molecule is C=NC1=C(Nc2cccc(CNC(=O)c3cc(C(=O)N[C@H]4CCc5cc(-c6nn[nH]n6)ccc54)nc4cncn34)c2)C(O)C1=O. The molecule has 5 aromatic rings. The number of aliphatic hydroxyl groups is 1. The number of fused-ring (bicyclic) bond motifs is 2. The molecule has 0 radical (unpaired) electrons. The Morgan fingerprint density at radius 2 is 2.04 bits per heavy atom. The number of carbonyl (C=O) groups is 3. The summed E-state index contributed by atoms with van der Waals surface area (Å²) in [5, 5.41) is 33.0. The van der Waals surface area contributed by atoms with Crippen LogP contribution in [-0.4, -0.2) is 70.5 Å². The molecular weight excluding hydrogens is 578 g/mol. The van der Waals surface area contributed by atoms with Gasteiger partial charge in [0.05, 0.1) is 17.9 Å². The van der Waals surface area contributed by atoms with E-state index < -0.39 is 23.7 Å². The number of nitrogens with zero attached hydrogens (tertiary/aromatic N) is 7. The van der Waals surface area contributed by atoms with Gasteiger partial charge in [-0.05, 0) is 65.7 Å². The van der Waals surface area contributed by atoms with Gasteiger partial charge in [0.25, 0.3) is 11.8 Å². The van der Waals surface area contributed by atoms with E-state index in [4.69, 9.17) is 0 Å². The van der Waals surface area contributed by atoms with Gasteiger partial charge in [-0.15, -0.1) is 10.2 Å². The van der Waals surface area contributed by atoms with E-state index in [1.54, 1.807) is 18.2 Å². The Kier molecular flexibility index (Phi) is 6.90. The zero-order valence-electron chi connectivity index (χ0n) is 23.6. The van der Waals surface area contributed by atoms with Crippen molar-refractivity contribution in [2.45, 2.75) is 31.5 Å². The van der Waals surface area contributed by atoms with Gasteiger partial charge in [-0.3, -0.25) is 23.8 Å². The molecule has 7 rings (SSSR count). The maximum absolute atomic E-state index is 13.4. The Morgan fingerprint density at radius 3 is 2.87 bits per heavy atom. The summed E-state index contributed by atoms with van der Waals surface area (Å²) < 4.78 is 1.51. The lowest BCUT2D eigenvalue weighted by Gasteiger charge is -2.26. The van der Waals surface area contributed by atoms with Crippen LogP contribution < -0.4 is 16.0 Å². The number of imidazole rings is 1. The second-order valence-electron chi connectivity index (χ2n) is 10.6. The summed E-state index contributed by atoms with van der Waals surface area (Å²) >= 11 is 0. The van der Waals surface area contributed by atoms with Crippen LogP contribution >= 0.6 is 0 Å². The average Bonchev–Trinajstić information content (AvgIpc) is 3.85. The number of ketones is 1. The van der Waals surface area contributed by atoms with Gasteiger partial charge in [0.1, 0.15) is 23.4 Å². The molecule has 224 valence electrons. The number of anilines is 1. The highest BCUT2D eigenvalue weighted by Gasteiger charge is 2.37. The van der Waals surface area contributed by atoms with Crippen LogP contribution in [0.15, 0.2) is 77.4 Å². The smallest absolute Gasteiger partial charge is 0.270 e. The average molecular weight is 604 g/mol. The zero-order chi connectivity index (χ0) is 31.1. The first-order valence-corrected chi connectivity index (χ1v) is 14.0. The number of aryl methyl sites for hydroxylation is 1. The largest absolute Gasteiger partial charge is 0.378 e. The van der Waals surface area contributed by atoms with Crippen molar-refractivity contribution in [1.82, 2.24) is 45.6 Å². The van der Waals surface area contributed by atoms with E-state index >= 15 is 0 Å². The maximum Gasteiger partial charge on any atom is 0.270 e. The van der Waals surface area contributed by atoms with Gasteiger partial charge in [-0.1, -0.05) is 24.3 Å². The summed E-state index contributed by atoms with van der Waals surface area (Å²) in [4.78, 5) is 50.7. The molecule has 1 unspecified atom stereocenters. The number of carbonyl (C=O) groups excluding carboxylic acids is 3. The predicted octanol–water partition coefficient (Wildman–Crippen LogP) is 1.52. The van der Waals surface area contributed by atoms with E-state index in [-0.39, 0.29) is 35.4 Å². The number of aliphatic imine (C=N–C) groups is 1. The van der Waals surface area contributed by atoms with E-state index in [2.05, 4.69) is 58.3 Å². The Morgan fingerprint density at radius 1 is 1.16 bits per heavy atom. The number of aromatic nitrogens is 7. The molecule has 0 bridgehead atoms. The molecule has 15 nitrogen and oxygen atoms in total. The lowest BCUT2D eigenvalue weighted by Crippen LogP contribution is -2.39. The summed E-state index contributed by atoms with van der Waals surface area (Å²) in [6, 6.07) is 14.2. The summed E-state index contributed by atoms with van der Waals surface area (Å²) in [7, 11) is 0. The van der Waals surface area contributed by atoms with Crippen molar-refractivity contribution in [3.05, 3.63) is 101 Å². The van der Waals surface area contributed by atoms with Crippen LogP contribution in [0.2, 0.25) is 0 Å². The molecule has 2 atom stereocenters. The van der Waals surface area contributed by atoms with Gasteiger partial charge in [0, 0.05) is 17.8 Å². The number of rotatable bonds is 9. The van der Waals surface area contributed by atoms with Crippen molar-refractivity contribution >= 4 is 35.6 Å². The van der Waals surface area contributed by atoms with E-state index in [9.17, 15) is 19.5 Å². The lowest BCUT2D eigenvalue weighted by molar-refractivity contribution is -0.124. The minimum Gasteiger partial charge on any atom is -0.378 e. The number of aromatic amines is 1. The monoisotopic (exact) mass is 603 g/mol. The van der Waals surface area contributed by atoms with Crippen LogP contribution in [0.3, 0.4) is 0 Å². The molecule has 2 aromatic carbocycles. The first-order valence-electron chi connectivity index (χ1n) is 14.0. The molecule has 3 aromatic heterocycles. The standard InChI is InChI=1S/C30H25N11O4/c1-31-24-25(27(43)26(24)42)34-18-4-2-3-15(9-18)12-33-30(45)22-11-21(35-23-13-32-14-41(22)23)29(44)36-20-8-6-16-10-17(5-7-19(16)20)28-37-39-40-38-28/h2-5,7,9-11,13-14,20,27,34,43H,1,6,8,12H2,(H,33,45)(H,36,44)(H,37,38,39,40)/t20-,27?/m0/s1. The number of tetrazole rings is 1. The number of hydrogen-bond donors (Lipinski definition) is 5. The normalized spacial score (nSPS) is 17.1. The fourth-order valence-corrected chi connectivity index (χ4v) is 5.55. The van der Waals surface area contributed by atoms with E-state index in [1.165, 1.54) is 23.0 Å². The van der Waals surface area contributed by atoms with Gasteiger partial charge in [0.2, 0.25) is 11.6 Å². The van der Waals surface area contributed by atoms with Crippen LogP contribution in [0.5, 0.6) is 0 Å². The number of aliphatic hydroxyl groups excluding tert-OH is 1. The molecule has 5 N–H and O–H groups in total. The first kappa shape index (κ1) is 27.7. The molecule has 0 spiro atoms. The second-order valence-corrected chi connectivity index (χ2v) is 10.6. The van der Waals surface area contributed by atoms with Crippen molar-refractivity contribution in [2.24, 2.45) is 4.99 Å². The van der Waals surface area contributed by atoms with Gasteiger partial charge in [0.15, 0.2) is 11.8 Å². The summed E-state index contributed by atoms with van der Waals surface area (Å²) in [6.07, 6.45) is 3.15. The molecule has 2 aliphatic carbocycles. The maximum atomic E-state index is 13.4. The molecule has 45 heavy (non-hydrogen) atoms. The van der Waals surface area contributed by atoms with Crippen LogP contribution in [0.1, 0.15) is 50.1 Å². The van der Waals surface area contributed by atoms with Crippen LogP contribution in [0.4, 0.5) is 5.69 Å². The number of nitrogens with one attached hydrogen (secondary N) is 4. The third-order valence-corrected chi connectivity index (χ3v) is 7.81. The summed E-state index contributed by atoms with van der Waals surface area (Å²) in [5.41, 5.74) is 5.28.